The standard InChI is InChI=1S/C16H12N4O2/c21-15(12-9-5-2-6-10-12)18-14-16(22)20-19-13(17-14)11-7-3-1-4-8-11/h1-10H,(H,20,22)(H,17,18,19,21). The summed E-state index contributed by atoms with van der Waals surface area (Å²) < 4.78 is 0. The van der Waals surface area contributed by atoms with Crippen molar-refractivity contribution >= 4 is 11.7 Å². The lowest BCUT2D eigenvalue weighted by Gasteiger charge is -2.05. The number of amides is 1. The van der Waals surface area contributed by atoms with Gasteiger partial charge in [-0.3, -0.25) is 9.59 Å². The number of aromatic amines is 1. The molecule has 0 saturated carbocycles. The largest absolute Gasteiger partial charge is 0.307 e. The van der Waals surface area contributed by atoms with Crippen LogP contribution in [0.5, 0.6) is 0 Å². The zero-order valence-electron chi connectivity index (χ0n) is 11.5. The van der Waals surface area contributed by atoms with E-state index >= 15 is 0 Å². The average molecular weight is 292 g/mol. The molecule has 0 unspecified atom stereocenters. The summed E-state index contributed by atoms with van der Waals surface area (Å²) in [6, 6.07) is 17.8. The van der Waals surface area contributed by atoms with Crippen molar-refractivity contribution in [1.29, 1.82) is 0 Å². The van der Waals surface area contributed by atoms with Gasteiger partial charge in [0.25, 0.3) is 5.91 Å². The lowest BCUT2D eigenvalue weighted by Crippen LogP contribution is -2.22. The van der Waals surface area contributed by atoms with Gasteiger partial charge >= 0.3 is 5.56 Å². The molecule has 1 heterocycles. The fourth-order valence-corrected chi connectivity index (χ4v) is 1.91. The number of H-pyrrole nitrogens is 1. The number of carbonyl (C=O) groups is 1. The van der Waals surface area contributed by atoms with Gasteiger partial charge < -0.3 is 5.32 Å². The third-order valence-corrected chi connectivity index (χ3v) is 3.00. The van der Waals surface area contributed by atoms with E-state index in [9.17, 15) is 9.59 Å². The highest BCUT2D eigenvalue weighted by molar-refractivity contribution is 6.03. The number of benzene rings is 2. The molecule has 6 nitrogen and oxygen atoms in total. The fraction of sp³-hybridized carbons (Fsp3) is 0. The van der Waals surface area contributed by atoms with E-state index in [4.69, 9.17) is 0 Å². The van der Waals surface area contributed by atoms with E-state index in [-0.39, 0.29) is 5.82 Å². The third kappa shape index (κ3) is 2.90. The Balaban J connectivity index is 1.91. The van der Waals surface area contributed by atoms with E-state index in [1.807, 2.05) is 36.4 Å². The van der Waals surface area contributed by atoms with Gasteiger partial charge in [-0.25, -0.2) is 10.1 Å². The Morgan fingerprint density at radius 1 is 0.955 bits per heavy atom. The van der Waals surface area contributed by atoms with Gasteiger partial charge in [-0.1, -0.05) is 48.5 Å². The highest BCUT2D eigenvalue weighted by atomic mass is 16.2. The summed E-state index contributed by atoms with van der Waals surface area (Å²) in [4.78, 5) is 28.0. The molecule has 0 aliphatic rings. The number of aromatic nitrogens is 3. The summed E-state index contributed by atoms with van der Waals surface area (Å²) in [7, 11) is 0. The van der Waals surface area contributed by atoms with Gasteiger partial charge in [0, 0.05) is 11.1 Å². The van der Waals surface area contributed by atoms with E-state index in [0.717, 1.165) is 5.56 Å². The van der Waals surface area contributed by atoms with E-state index in [1.54, 1.807) is 24.3 Å². The molecule has 0 aliphatic heterocycles. The number of carbonyl (C=O) groups excluding carboxylic acids is 1. The van der Waals surface area contributed by atoms with Crippen LogP contribution in [0.1, 0.15) is 10.4 Å². The number of nitrogens with zero attached hydrogens (tertiary/aromatic N) is 2. The Bertz CT molecular complexity index is 845. The second-order valence-corrected chi connectivity index (χ2v) is 4.52. The third-order valence-electron chi connectivity index (χ3n) is 3.00. The van der Waals surface area contributed by atoms with Crippen molar-refractivity contribution in [2.24, 2.45) is 0 Å². The predicted molar refractivity (Wildman–Crippen MR) is 82.5 cm³/mol. The maximum atomic E-state index is 12.1. The van der Waals surface area contributed by atoms with E-state index < -0.39 is 11.5 Å². The second-order valence-electron chi connectivity index (χ2n) is 4.52. The minimum atomic E-state index is -0.552. The molecule has 22 heavy (non-hydrogen) atoms. The number of rotatable bonds is 3. The summed E-state index contributed by atoms with van der Waals surface area (Å²) in [6.45, 7) is 0. The van der Waals surface area contributed by atoms with Crippen LogP contribution in [0.2, 0.25) is 0 Å². The molecule has 0 spiro atoms. The maximum absolute atomic E-state index is 12.1. The van der Waals surface area contributed by atoms with Crippen LogP contribution in [0.15, 0.2) is 65.5 Å². The van der Waals surface area contributed by atoms with Gasteiger partial charge in [-0.15, -0.1) is 0 Å². The molecule has 0 atom stereocenters. The summed E-state index contributed by atoms with van der Waals surface area (Å²) in [6.07, 6.45) is 0. The van der Waals surface area contributed by atoms with Gasteiger partial charge in [-0.2, -0.15) is 5.10 Å². The molecule has 0 bridgehead atoms. The first-order chi connectivity index (χ1) is 10.7. The molecule has 108 valence electrons. The van der Waals surface area contributed by atoms with E-state index in [0.29, 0.717) is 11.4 Å². The minimum absolute atomic E-state index is 0.0808. The molecule has 2 aromatic carbocycles. The van der Waals surface area contributed by atoms with Gasteiger partial charge in [0.2, 0.25) is 5.82 Å². The quantitative estimate of drug-likeness (QED) is 0.773. The van der Waals surface area contributed by atoms with Crippen LogP contribution in [0.25, 0.3) is 11.4 Å². The van der Waals surface area contributed by atoms with Crippen LogP contribution >= 0.6 is 0 Å². The molecule has 1 amide bonds. The first-order valence-corrected chi connectivity index (χ1v) is 6.62. The van der Waals surface area contributed by atoms with Crippen molar-refractivity contribution in [2.75, 3.05) is 5.32 Å². The Labute approximate surface area is 125 Å². The first-order valence-electron chi connectivity index (χ1n) is 6.62. The number of anilines is 1. The first kappa shape index (κ1) is 13.7. The van der Waals surface area contributed by atoms with Crippen molar-refractivity contribution in [3.05, 3.63) is 76.6 Å². The summed E-state index contributed by atoms with van der Waals surface area (Å²) in [5.74, 6) is -0.143. The van der Waals surface area contributed by atoms with Crippen LogP contribution in [0.4, 0.5) is 5.82 Å². The Morgan fingerprint density at radius 3 is 2.27 bits per heavy atom. The molecule has 0 saturated heterocycles. The van der Waals surface area contributed by atoms with Crippen LogP contribution < -0.4 is 10.9 Å². The van der Waals surface area contributed by atoms with Gasteiger partial charge in [0.05, 0.1) is 0 Å². The highest BCUT2D eigenvalue weighted by Gasteiger charge is 2.11. The molecule has 1 aromatic heterocycles. The zero-order valence-corrected chi connectivity index (χ0v) is 11.5. The summed E-state index contributed by atoms with van der Waals surface area (Å²) in [5, 5.41) is 8.73. The molecule has 0 aliphatic carbocycles. The molecule has 2 N–H and O–H groups in total. The van der Waals surface area contributed by atoms with Crippen LogP contribution in [-0.2, 0) is 0 Å². The van der Waals surface area contributed by atoms with Crippen LogP contribution in [0, 0.1) is 0 Å². The van der Waals surface area contributed by atoms with Gasteiger partial charge in [-0.05, 0) is 12.1 Å². The molecular formula is C16H12N4O2. The lowest BCUT2D eigenvalue weighted by molar-refractivity contribution is 0.102. The SMILES string of the molecule is O=C(Nc1nc(-c2ccccc2)n[nH]c1=O)c1ccccc1. The summed E-state index contributed by atoms with van der Waals surface area (Å²) in [5.41, 5.74) is 0.639. The van der Waals surface area contributed by atoms with E-state index in [2.05, 4.69) is 20.5 Å². The Hall–Kier alpha value is -3.28. The molecule has 3 aromatic rings. The van der Waals surface area contributed by atoms with Crippen molar-refractivity contribution in [2.45, 2.75) is 0 Å². The Kier molecular flexibility index (Phi) is 3.74. The summed E-state index contributed by atoms with van der Waals surface area (Å²) >= 11 is 0. The molecule has 3 rings (SSSR count). The number of hydrogen-bond acceptors (Lipinski definition) is 4. The van der Waals surface area contributed by atoms with Crippen molar-refractivity contribution in [3.8, 4) is 11.4 Å². The van der Waals surface area contributed by atoms with Crippen molar-refractivity contribution < 1.29 is 4.79 Å². The topological polar surface area (TPSA) is 87.7 Å². The average Bonchev–Trinajstić information content (AvgIpc) is 2.58. The molecular weight excluding hydrogens is 280 g/mol. The Morgan fingerprint density at radius 2 is 1.59 bits per heavy atom. The van der Waals surface area contributed by atoms with Crippen LogP contribution in [0.3, 0.4) is 0 Å². The monoisotopic (exact) mass is 292 g/mol. The number of nitrogens with one attached hydrogen (secondary N) is 2. The zero-order chi connectivity index (χ0) is 15.4. The van der Waals surface area contributed by atoms with Crippen LogP contribution in [-0.4, -0.2) is 21.1 Å². The minimum Gasteiger partial charge on any atom is -0.302 e. The smallest absolute Gasteiger partial charge is 0.302 e. The lowest BCUT2D eigenvalue weighted by atomic mass is 10.2. The fourth-order valence-electron chi connectivity index (χ4n) is 1.91. The number of hydrogen-bond donors (Lipinski definition) is 2. The normalized spacial score (nSPS) is 10.2. The predicted octanol–water partition coefficient (Wildman–Crippen LogP) is 2.08. The maximum Gasteiger partial charge on any atom is 0.307 e. The van der Waals surface area contributed by atoms with Crippen molar-refractivity contribution in [3.63, 3.8) is 0 Å². The van der Waals surface area contributed by atoms with E-state index in [1.165, 1.54) is 0 Å². The van der Waals surface area contributed by atoms with Gasteiger partial charge in [0.1, 0.15) is 0 Å². The molecule has 6 heteroatoms. The van der Waals surface area contributed by atoms with Crippen molar-refractivity contribution in [1.82, 2.24) is 15.2 Å². The highest BCUT2D eigenvalue weighted by Crippen LogP contribution is 2.13. The van der Waals surface area contributed by atoms with Gasteiger partial charge in [0.15, 0.2) is 5.82 Å². The molecule has 0 radical (unpaired) electrons. The second kappa shape index (κ2) is 6.01. The molecule has 0 fully saturated rings.